The van der Waals surface area contributed by atoms with Gasteiger partial charge in [0.2, 0.25) is 0 Å². The van der Waals surface area contributed by atoms with Crippen LogP contribution in [0.4, 0.5) is 11.6 Å². The van der Waals surface area contributed by atoms with Crippen LogP contribution in [0.15, 0.2) is 22.4 Å². The van der Waals surface area contributed by atoms with E-state index >= 15 is 0 Å². The van der Waals surface area contributed by atoms with Gasteiger partial charge in [-0.25, -0.2) is 0 Å². The summed E-state index contributed by atoms with van der Waals surface area (Å²) in [6, 6.07) is 4.18. The molecule has 0 spiro atoms. The Balaban J connectivity index is 2.33. The lowest BCUT2D eigenvalue weighted by Gasteiger charge is -2.04. The number of rotatable bonds is 2. The highest BCUT2D eigenvalue weighted by atomic mass is 15.3. The van der Waals surface area contributed by atoms with Crippen molar-refractivity contribution in [3.05, 3.63) is 34.6 Å². The molecule has 0 aliphatic heterocycles. The fourth-order valence-corrected chi connectivity index (χ4v) is 1.80. The lowest BCUT2D eigenvalue weighted by atomic mass is 10.1. The third-order valence-electron chi connectivity index (χ3n) is 2.46. The van der Waals surface area contributed by atoms with Gasteiger partial charge in [0, 0.05) is 0 Å². The molecule has 1 heterocycles. The first-order valence-electron chi connectivity index (χ1n) is 5.45. The Bertz CT molecular complexity index is 545. The van der Waals surface area contributed by atoms with Crippen molar-refractivity contribution in [3.63, 3.8) is 0 Å². The average Bonchev–Trinajstić information content (AvgIpc) is 2.62. The fraction of sp³-hybridized carbons (Fsp3) is 0.333. The minimum atomic E-state index is 0.363. The molecule has 5 heteroatoms. The van der Waals surface area contributed by atoms with Gasteiger partial charge in [0.15, 0.2) is 0 Å². The van der Waals surface area contributed by atoms with Crippen LogP contribution in [0, 0.1) is 27.7 Å². The van der Waals surface area contributed by atoms with E-state index in [4.69, 9.17) is 0 Å². The smallest absolute Gasteiger partial charge is 0.261 e. The Morgan fingerprint density at radius 1 is 1.00 bits per heavy atom. The van der Waals surface area contributed by atoms with Gasteiger partial charge in [-0.1, -0.05) is 17.7 Å². The van der Waals surface area contributed by atoms with E-state index in [1.54, 1.807) is 0 Å². The van der Waals surface area contributed by atoms with Crippen molar-refractivity contribution in [2.45, 2.75) is 27.7 Å². The number of H-pyrrole nitrogens is 1. The zero-order chi connectivity index (χ0) is 12.4. The predicted octanol–water partition coefficient (Wildman–Crippen LogP) is 3.45. The molecule has 1 aromatic heterocycles. The van der Waals surface area contributed by atoms with Crippen LogP contribution in [0.25, 0.3) is 0 Å². The summed E-state index contributed by atoms with van der Waals surface area (Å²) in [7, 11) is 0. The van der Waals surface area contributed by atoms with Gasteiger partial charge in [-0.15, -0.1) is 15.3 Å². The van der Waals surface area contributed by atoms with Gasteiger partial charge in [-0.05, 0) is 38.8 Å². The van der Waals surface area contributed by atoms with Gasteiger partial charge in [0.1, 0.15) is 5.82 Å². The monoisotopic (exact) mass is 229 g/mol. The maximum Gasteiger partial charge on any atom is 0.287 e. The molecule has 88 valence electrons. The summed E-state index contributed by atoms with van der Waals surface area (Å²) in [6.45, 7) is 7.95. The van der Waals surface area contributed by atoms with Crippen LogP contribution in [0.1, 0.15) is 22.5 Å². The Morgan fingerprint density at radius 2 is 1.65 bits per heavy atom. The minimum absolute atomic E-state index is 0.363. The molecule has 2 rings (SSSR count). The van der Waals surface area contributed by atoms with Gasteiger partial charge in [-0.2, -0.15) is 4.98 Å². The number of nitrogens with zero attached hydrogens (tertiary/aromatic N) is 4. The predicted molar refractivity (Wildman–Crippen MR) is 65.9 cm³/mol. The number of nitrogens with one attached hydrogen (secondary N) is 1. The number of benzene rings is 1. The average molecular weight is 229 g/mol. The first-order valence-corrected chi connectivity index (χ1v) is 5.45. The molecule has 0 saturated carbocycles. The molecule has 0 saturated heterocycles. The van der Waals surface area contributed by atoms with Gasteiger partial charge >= 0.3 is 0 Å². The van der Waals surface area contributed by atoms with Crippen LogP contribution in [0.2, 0.25) is 0 Å². The fourth-order valence-electron chi connectivity index (χ4n) is 1.80. The van der Waals surface area contributed by atoms with E-state index in [1.807, 2.05) is 20.8 Å². The first-order chi connectivity index (χ1) is 8.06. The maximum atomic E-state index is 4.21. The summed E-state index contributed by atoms with van der Waals surface area (Å²) in [4.78, 5) is 4.08. The second-order valence-electron chi connectivity index (χ2n) is 4.17. The maximum absolute atomic E-state index is 4.21. The molecule has 1 aromatic carbocycles. The lowest BCUT2D eigenvalue weighted by Crippen LogP contribution is -1.82. The summed E-state index contributed by atoms with van der Waals surface area (Å²) in [5.74, 6) is 1.10. The molecule has 0 bridgehead atoms. The number of hydrogen-bond donors (Lipinski definition) is 1. The Hall–Kier alpha value is -2.04. The molecule has 17 heavy (non-hydrogen) atoms. The molecule has 5 nitrogen and oxygen atoms in total. The van der Waals surface area contributed by atoms with E-state index in [0.29, 0.717) is 5.95 Å². The van der Waals surface area contributed by atoms with Crippen LogP contribution in [0.3, 0.4) is 0 Å². The first kappa shape index (κ1) is 11.4. The number of aromatic nitrogens is 3. The molecule has 0 unspecified atom stereocenters. The Kier molecular flexibility index (Phi) is 2.99. The van der Waals surface area contributed by atoms with Crippen molar-refractivity contribution in [1.29, 1.82) is 0 Å². The van der Waals surface area contributed by atoms with E-state index < -0.39 is 0 Å². The Labute approximate surface area is 100 Å². The van der Waals surface area contributed by atoms with Crippen molar-refractivity contribution < 1.29 is 0 Å². The third-order valence-corrected chi connectivity index (χ3v) is 2.46. The Morgan fingerprint density at radius 3 is 2.18 bits per heavy atom. The summed E-state index contributed by atoms with van der Waals surface area (Å²) in [5.41, 5.74) is 4.34. The minimum Gasteiger partial charge on any atom is -0.261 e. The lowest BCUT2D eigenvalue weighted by molar-refractivity contribution is 1.02. The van der Waals surface area contributed by atoms with Gasteiger partial charge in [-0.3, -0.25) is 5.10 Å². The summed E-state index contributed by atoms with van der Waals surface area (Å²) in [6.07, 6.45) is 0. The number of aryl methyl sites for hydroxylation is 4. The summed E-state index contributed by atoms with van der Waals surface area (Å²) in [5, 5.41) is 14.9. The molecule has 0 aliphatic carbocycles. The molecule has 0 amide bonds. The zero-order valence-electron chi connectivity index (χ0n) is 10.4. The van der Waals surface area contributed by atoms with Crippen molar-refractivity contribution in [2.75, 3.05) is 0 Å². The second kappa shape index (κ2) is 4.45. The van der Waals surface area contributed by atoms with E-state index in [9.17, 15) is 0 Å². The highest BCUT2D eigenvalue weighted by molar-refractivity contribution is 5.53. The van der Waals surface area contributed by atoms with Crippen molar-refractivity contribution in [3.8, 4) is 0 Å². The van der Waals surface area contributed by atoms with Crippen LogP contribution in [-0.2, 0) is 0 Å². The highest BCUT2D eigenvalue weighted by Gasteiger charge is 2.03. The highest BCUT2D eigenvalue weighted by Crippen LogP contribution is 2.26. The van der Waals surface area contributed by atoms with Crippen molar-refractivity contribution in [2.24, 2.45) is 10.2 Å². The molecular formula is C12H15N5. The summed E-state index contributed by atoms with van der Waals surface area (Å²) < 4.78 is 0. The molecule has 0 fully saturated rings. The number of hydrogen-bond acceptors (Lipinski definition) is 4. The SMILES string of the molecule is Cc1cc(C)c(N=Nc2n[nH]c(C)n2)c(C)c1. The third kappa shape index (κ3) is 2.55. The van der Waals surface area contributed by atoms with Crippen LogP contribution in [0.5, 0.6) is 0 Å². The van der Waals surface area contributed by atoms with Gasteiger partial charge in [0.05, 0.1) is 5.69 Å². The van der Waals surface area contributed by atoms with Gasteiger partial charge in [0.25, 0.3) is 5.95 Å². The molecule has 0 aliphatic rings. The molecular weight excluding hydrogens is 214 g/mol. The van der Waals surface area contributed by atoms with E-state index in [0.717, 1.165) is 22.6 Å². The normalized spacial score (nSPS) is 11.3. The zero-order valence-corrected chi connectivity index (χ0v) is 10.4. The largest absolute Gasteiger partial charge is 0.287 e. The van der Waals surface area contributed by atoms with E-state index in [2.05, 4.69) is 44.5 Å². The van der Waals surface area contributed by atoms with Crippen LogP contribution >= 0.6 is 0 Å². The molecule has 0 radical (unpaired) electrons. The van der Waals surface area contributed by atoms with Crippen LogP contribution < -0.4 is 0 Å². The quantitative estimate of drug-likeness (QED) is 0.801. The second-order valence-corrected chi connectivity index (χ2v) is 4.17. The topological polar surface area (TPSA) is 66.3 Å². The van der Waals surface area contributed by atoms with Gasteiger partial charge < -0.3 is 0 Å². The van der Waals surface area contributed by atoms with E-state index in [1.165, 1.54) is 5.56 Å². The standard InChI is InChI=1S/C12H15N5/c1-7-5-8(2)11(9(3)6-7)15-17-12-13-10(4)14-16-12/h5-6H,1-4H3,(H,13,14,16). The number of aromatic amines is 1. The number of azo groups is 1. The summed E-state index contributed by atoms with van der Waals surface area (Å²) >= 11 is 0. The molecule has 2 aromatic rings. The van der Waals surface area contributed by atoms with E-state index in [-0.39, 0.29) is 0 Å². The molecule has 0 atom stereocenters. The van der Waals surface area contributed by atoms with Crippen molar-refractivity contribution in [1.82, 2.24) is 15.2 Å². The van der Waals surface area contributed by atoms with Crippen molar-refractivity contribution >= 4 is 11.6 Å². The van der Waals surface area contributed by atoms with Crippen LogP contribution in [-0.4, -0.2) is 15.2 Å². The molecule has 1 N–H and O–H groups in total.